The second-order valence-corrected chi connectivity index (χ2v) is 8.66. The summed E-state index contributed by atoms with van der Waals surface area (Å²) in [5, 5.41) is 3.09. The maximum absolute atomic E-state index is 13.4. The van der Waals surface area contributed by atoms with Crippen LogP contribution in [0.15, 0.2) is 18.2 Å². The predicted molar refractivity (Wildman–Crippen MR) is 107 cm³/mol. The summed E-state index contributed by atoms with van der Waals surface area (Å²) in [5.41, 5.74) is 0.539. The van der Waals surface area contributed by atoms with Crippen LogP contribution in [-0.4, -0.2) is 48.9 Å². The molecule has 1 N–H and O–H groups in total. The number of rotatable bonds is 4. The third kappa shape index (κ3) is 4.03. The highest BCUT2D eigenvalue weighted by molar-refractivity contribution is 6.31. The molecule has 3 fully saturated rings. The van der Waals surface area contributed by atoms with E-state index < -0.39 is 5.82 Å². The zero-order valence-electron chi connectivity index (χ0n) is 16.0. The topological polar surface area (TPSA) is 52.7 Å². The summed E-state index contributed by atoms with van der Waals surface area (Å²) in [6, 6.07) is 4.80. The molecule has 1 aromatic rings. The Balaban J connectivity index is 1.34. The highest BCUT2D eigenvalue weighted by Gasteiger charge is 2.37. The van der Waals surface area contributed by atoms with E-state index in [0.29, 0.717) is 30.7 Å². The van der Waals surface area contributed by atoms with E-state index in [4.69, 9.17) is 11.6 Å². The Morgan fingerprint density at radius 1 is 1.21 bits per heavy atom. The molecule has 0 radical (unpaired) electrons. The molecule has 0 saturated carbocycles. The van der Waals surface area contributed by atoms with Crippen molar-refractivity contribution in [2.24, 2.45) is 11.8 Å². The number of halogens is 2. The summed E-state index contributed by atoms with van der Waals surface area (Å²) >= 11 is 5.83. The van der Waals surface area contributed by atoms with Crippen LogP contribution in [-0.2, 0) is 9.59 Å². The van der Waals surface area contributed by atoms with Crippen LogP contribution in [0.25, 0.3) is 0 Å². The standard InChI is InChI=1S/C21H27ClFN3O2/c22-17-11-16(6-7-18(17)23)26-13-15(10-20(26)27)21(28)24-12-14-4-3-9-25-8-2-1-5-19(14)25/h6-7,11,14-15,19H,1-5,8-10,12-13H2,(H,24,28)/t14-,15+,19+/m0/s1. The molecular weight excluding hydrogens is 381 g/mol. The smallest absolute Gasteiger partial charge is 0.227 e. The van der Waals surface area contributed by atoms with Crippen molar-refractivity contribution >= 4 is 29.1 Å². The molecule has 0 spiro atoms. The minimum absolute atomic E-state index is 0.0208. The molecule has 152 valence electrons. The van der Waals surface area contributed by atoms with E-state index in [1.54, 1.807) is 0 Å². The lowest BCUT2D eigenvalue weighted by atomic mass is 9.83. The molecule has 3 saturated heterocycles. The molecule has 1 aromatic carbocycles. The Labute approximate surface area is 170 Å². The number of amides is 2. The maximum atomic E-state index is 13.4. The molecule has 3 heterocycles. The molecule has 5 nitrogen and oxygen atoms in total. The fourth-order valence-corrected chi connectivity index (χ4v) is 5.15. The number of carbonyl (C=O) groups is 2. The summed E-state index contributed by atoms with van der Waals surface area (Å²) in [5.74, 6) is -0.573. The van der Waals surface area contributed by atoms with Crippen LogP contribution < -0.4 is 10.2 Å². The van der Waals surface area contributed by atoms with Gasteiger partial charge in [0.2, 0.25) is 11.8 Å². The molecule has 0 unspecified atom stereocenters. The Hall–Kier alpha value is -1.66. The number of nitrogens with one attached hydrogen (secondary N) is 1. The Morgan fingerprint density at radius 2 is 2.04 bits per heavy atom. The van der Waals surface area contributed by atoms with Crippen LogP contribution in [0.1, 0.15) is 38.5 Å². The van der Waals surface area contributed by atoms with Crippen LogP contribution in [0.3, 0.4) is 0 Å². The van der Waals surface area contributed by atoms with E-state index in [9.17, 15) is 14.0 Å². The molecule has 3 aliphatic rings. The van der Waals surface area contributed by atoms with Gasteiger partial charge in [0, 0.05) is 31.2 Å². The number of benzene rings is 1. The van der Waals surface area contributed by atoms with Crippen LogP contribution in [0, 0.1) is 17.7 Å². The van der Waals surface area contributed by atoms with Crippen LogP contribution in [0.2, 0.25) is 5.02 Å². The van der Waals surface area contributed by atoms with Gasteiger partial charge >= 0.3 is 0 Å². The van der Waals surface area contributed by atoms with Gasteiger partial charge < -0.3 is 15.1 Å². The van der Waals surface area contributed by atoms with Gasteiger partial charge in [0.1, 0.15) is 5.82 Å². The van der Waals surface area contributed by atoms with Crippen molar-refractivity contribution < 1.29 is 14.0 Å². The predicted octanol–water partition coefficient (Wildman–Crippen LogP) is 3.21. The number of piperidine rings is 2. The van der Waals surface area contributed by atoms with Crippen LogP contribution in [0.4, 0.5) is 10.1 Å². The summed E-state index contributed by atoms with van der Waals surface area (Å²) in [6.07, 6.45) is 6.31. The number of carbonyl (C=O) groups excluding carboxylic acids is 2. The van der Waals surface area contributed by atoms with Gasteiger partial charge in [-0.1, -0.05) is 18.0 Å². The van der Waals surface area contributed by atoms with Gasteiger partial charge in [-0.05, 0) is 62.9 Å². The first-order valence-electron chi connectivity index (χ1n) is 10.3. The van der Waals surface area contributed by atoms with Crippen molar-refractivity contribution in [2.45, 2.75) is 44.6 Å². The van der Waals surface area contributed by atoms with E-state index >= 15 is 0 Å². The Morgan fingerprint density at radius 3 is 2.86 bits per heavy atom. The largest absolute Gasteiger partial charge is 0.355 e. The molecule has 2 amide bonds. The Kier molecular flexibility index (Phi) is 5.88. The zero-order chi connectivity index (χ0) is 19.7. The third-order valence-electron chi connectivity index (χ3n) is 6.48. The van der Waals surface area contributed by atoms with Crippen molar-refractivity contribution in [3.05, 3.63) is 29.0 Å². The first-order chi connectivity index (χ1) is 13.5. The molecule has 0 aliphatic carbocycles. The van der Waals surface area contributed by atoms with Gasteiger partial charge in [-0.25, -0.2) is 4.39 Å². The van der Waals surface area contributed by atoms with E-state index in [1.807, 2.05) is 0 Å². The Bertz CT molecular complexity index is 757. The van der Waals surface area contributed by atoms with E-state index in [2.05, 4.69) is 10.2 Å². The summed E-state index contributed by atoms with van der Waals surface area (Å²) in [7, 11) is 0. The van der Waals surface area contributed by atoms with Crippen LogP contribution in [0.5, 0.6) is 0 Å². The lowest BCUT2D eigenvalue weighted by molar-refractivity contribution is -0.126. The van der Waals surface area contributed by atoms with Gasteiger partial charge in [-0.15, -0.1) is 0 Å². The molecule has 3 atom stereocenters. The van der Waals surface area contributed by atoms with E-state index in [-0.39, 0.29) is 29.2 Å². The monoisotopic (exact) mass is 407 g/mol. The SMILES string of the molecule is O=C(NC[C@@H]1CCCN2CCCC[C@H]12)[C@@H]1CC(=O)N(c2ccc(F)c(Cl)c2)C1. The lowest BCUT2D eigenvalue weighted by Gasteiger charge is -2.44. The second kappa shape index (κ2) is 8.37. The molecule has 0 bridgehead atoms. The average Bonchev–Trinajstić information content (AvgIpc) is 3.10. The summed E-state index contributed by atoms with van der Waals surface area (Å²) < 4.78 is 13.4. The van der Waals surface area contributed by atoms with E-state index in [1.165, 1.54) is 61.9 Å². The molecule has 3 aliphatic heterocycles. The fraction of sp³-hybridized carbons (Fsp3) is 0.619. The molecular formula is C21H27ClFN3O2. The van der Waals surface area contributed by atoms with Crippen molar-refractivity contribution in [3.63, 3.8) is 0 Å². The normalized spacial score (nSPS) is 28.3. The fourth-order valence-electron chi connectivity index (χ4n) is 4.98. The number of anilines is 1. The van der Waals surface area contributed by atoms with Crippen molar-refractivity contribution in [2.75, 3.05) is 31.1 Å². The lowest BCUT2D eigenvalue weighted by Crippen LogP contribution is -2.51. The molecule has 7 heteroatoms. The minimum atomic E-state index is -0.518. The quantitative estimate of drug-likeness (QED) is 0.833. The average molecular weight is 408 g/mol. The van der Waals surface area contributed by atoms with Crippen molar-refractivity contribution in [1.29, 1.82) is 0 Å². The van der Waals surface area contributed by atoms with Gasteiger partial charge in [-0.3, -0.25) is 9.59 Å². The van der Waals surface area contributed by atoms with E-state index in [0.717, 1.165) is 6.42 Å². The van der Waals surface area contributed by atoms with Gasteiger partial charge in [0.25, 0.3) is 0 Å². The minimum Gasteiger partial charge on any atom is -0.355 e. The number of hydrogen-bond acceptors (Lipinski definition) is 3. The van der Waals surface area contributed by atoms with Gasteiger partial charge in [0.15, 0.2) is 0 Å². The second-order valence-electron chi connectivity index (χ2n) is 8.25. The zero-order valence-corrected chi connectivity index (χ0v) is 16.8. The maximum Gasteiger partial charge on any atom is 0.227 e. The highest BCUT2D eigenvalue weighted by Crippen LogP contribution is 2.31. The van der Waals surface area contributed by atoms with Crippen molar-refractivity contribution in [3.8, 4) is 0 Å². The highest BCUT2D eigenvalue weighted by atomic mass is 35.5. The summed E-state index contributed by atoms with van der Waals surface area (Å²) in [4.78, 5) is 29.2. The van der Waals surface area contributed by atoms with Gasteiger partial charge in [-0.2, -0.15) is 0 Å². The van der Waals surface area contributed by atoms with Crippen molar-refractivity contribution in [1.82, 2.24) is 10.2 Å². The number of hydrogen-bond donors (Lipinski definition) is 1. The third-order valence-corrected chi connectivity index (χ3v) is 6.77. The molecule has 0 aromatic heterocycles. The summed E-state index contributed by atoms with van der Waals surface area (Å²) in [6.45, 7) is 3.36. The first-order valence-corrected chi connectivity index (χ1v) is 10.7. The van der Waals surface area contributed by atoms with Crippen LogP contribution >= 0.6 is 11.6 Å². The molecule has 28 heavy (non-hydrogen) atoms. The number of fused-ring (bicyclic) bond motifs is 1. The first kappa shape index (κ1) is 19.6. The number of nitrogens with zero attached hydrogens (tertiary/aromatic N) is 2. The van der Waals surface area contributed by atoms with Gasteiger partial charge in [0.05, 0.1) is 10.9 Å². The molecule has 4 rings (SSSR count).